The van der Waals surface area contributed by atoms with Crippen LogP contribution >= 0.6 is 11.8 Å². The topological polar surface area (TPSA) is 62.0 Å². The summed E-state index contributed by atoms with van der Waals surface area (Å²) < 4.78 is 0. The molecule has 4 nitrogen and oxygen atoms in total. The number of hydrogen-bond acceptors (Lipinski definition) is 3. The first-order valence-corrected chi connectivity index (χ1v) is 9.32. The van der Waals surface area contributed by atoms with Crippen LogP contribution < -0.4 is 10.7 Å². The average Bonchev–Trinajstić information content (AvgIpc) is 2.63. The van der Waals surface area contributed by atoms with E-state index in [1.807, 2.05) is 12.1 Å². The van der Waals surface area contributed by atoms with Crippen LogP contribution in [0, 0.1) is 6.92 Å². The van der Waals surface area contributed by atoms with E-state index in [0.717, 1.165) is 17.0 Å². The van der Waals surface area contributed by atoms with E-state index in [0.29, 0.717) is 11.9 Å². The Balaban J connectivity index is 1.52. The summed E-state index contributed by atoms with van der Waals surface area (Å²) in [5, 5.41) is 3.35. The number of carbonyl (C=O) groups excluding carboxylic acids is 1. The monoisotopic (exact) mass is 352 g/mol. The van der Waals surface area contributed by atoms with E-state index in [1.54, 1.807) is 23.9 Å². The molecule has 5 heteroatoms. The van der Waals surface area contributed by atoms with Crippen molar-refractivity contribution in [1.82, 2.24) is 10.3 Å². The van der Waals surface area contributed by atoms with Crippen molar-refractivity contribution in [3.05, 3.63) is 81.6 Å². The molecular formula is C20H20N2O2S. The van der Waals surface area contributed by atoms with Crippen molar-refractivity contribution in [2.45, 2.75) is 12.7 Å². The van der Waals surface area contributed by atoms with Crippen molar-refractivity contribution in [3.8, 4) is 0 Å². The molecule has 0 bridgehead atoms. The van der Waals surface area contributed by atoms with Crippen molar-refractivity contribution in [1.29, 1.82) is 0 Å². The molecule has 128 valence electrons. The molecule has 2 aromatic carbocycles. The van der Waals surface area contributed by atoms with Gasteiger partial charge in [0, 0.05) is 35.2 Å². The first-order chi connectivity index (χ1) is 12.1. The van der Waals surface area contributed by atoms with E-state index in [9.17, 15) is 9.59 Å². The minimum atomic E-state index is -0.331. The van der Waals surface area contributed by atoms with E-state index in [2.05, 4.69) is 41.5 Å². The van der Waals surface area contributed by atoms with Gasteiger partial charge in [0.05, 0.1) is 0 Å². The molecule has 0 unspecified atom stereocenters. The van der Waals surface area contributed by atoms with Crippen LogP contribution in [0.4, 0.5) is 0 Å². The lowest BCUT2D eigenvalue weighted by Crippen LogP contribution is -2.30. The molecule has 0 saturated heterocycles. The number of thioether (sulfide) groups is 1. The maximum Gasteiger partial charge on any atom is 0.256 e. The van der Waals surface area contributed by atoms with Crippen molar-refractivity contribution >= 4 is 28.6 Å². The number of para-hydroxylation sites is 1. The van der Waals surface area contributed by atoms with Crippen LogP contribution in [0.15, 0.2) is 59.5 Å². The Hall–Kier alpha value is -2.53. The highest BCUT2D eigenvalue weighted by molar-refractivity contribution is 7.98. The summed E-state index contributed by atoms with van der Waals surface area (Å²) in [6.07, 6.45) is 1.49. The number of H-pyrrole nitrogens is 1. The van der Waals surface area contributed by atoms with Crippen molar-refractivity contribution in [3.63, 3.8) is 0 Å². The summed E-state index contributed by atoms with van der Waals surface area (Å²) in [4.78, 5) is 27.6. The number of amides is 1. The third-order valence-corrected chi connectivity index (χ3v) is 4.98. The van der Waals surface area contributed by atoms with Crippen LogP contribution in [0.3, 0.4) is 0 Å². The third kappa shape index (κ3) is 4.31. The fraction of sp³-hybridized carbons (Fsp3) is 0.200. The summed E-state index contributed by atoms with van der Waals surface area (Å²) in [5.41, 5.74) is 3.17. The second kappa shape index (κ2) is 8.03. The summed E-state index contributed by atoms with van der Waals surface area (Å²) in [5.74, 6) is 1.38. The molecule has 0 saturated carbocycles. The molecule has 25 heavy (non-hydrogen) atoms. The van der Waals surface area contributed by atoms with Crippen LogP contribution in [0.2, 0.25) is 0 Å². The van der Waals surface area contributed by atoms with Gasteiger partial charge in [0.15, 0.2) is 0 Å². The van der Waals surface area contributed by atoms with Crippen LogP contribution in [0.25, 0.3) is 10.9 Å². The maximum atomic E-state index is 12.4. The number of hydrogen-bond donors (Lipinski definition) is 2. The van der Waals surface area contributed by atoms with E-state index in [1.165, 1.54) is 17.3 Å². The molecule has 0 fully saturated rings. The molecule has 0 atom stereocenters. The predicted molar refractivity (Wildman–Crippen MR) is 104 cm³/mol. The van der Waals surface area contributed by atoms with E-state index in [-0.39, 0.29) is 16.9 Å². The highest BCUT2D eigenvalue weighted by Crippen LogP contribution is 2.12. The number of carbonyl (C=O) groups is 1. The fourth-order valence-electron chi connectivity index (χ4n) is 2.54. The lowest BCUT2D eigenvalue weighted by molar-refractivity contribution is 0.0955. The molecule has 0 aliphatic carbocycles. The predicted octanol–water partition coefficient (Wildman–Crippen LogP) is 3.50. The number of pyridine rings is 1. The molecule has 3 rings (SSSR count). The number of rotatable bonds is 6. The first-order valence-electron chi connectivity index (χ1n) is 8.17. The van der Waals surface area contributed by atoms with Crippen LogP contribution in [0.1, 0.15) is 21.5 Å². The number of aromatic nitrogens is 1. The minimum Gasteiger partial charge on any atom is -0.360 e. The molecule has 1 amide bonds. The first kappa shape index (κ1) is 17.3. The van der Waals surface area contributed by atoms with Gasteiger partial charge >= 0.3 is 0 Å². The smallest absolute Gasteiger partial charge is 0.256 e. The average molecular weight is 352 g/mol. The molecule has 0 radical (unpaired) electrons. The number of aryl methyl sites for hydroxylation is 1. The molecular weight excluding hydrogens is 332 g/mol. The molecule has 1 aromatic heterocycles. The standard InChI is InChI=1S/C20H20N2O2S/c1-14-6-8-15(9-7-14)13-25-11-10-21-20(24)17-12-22-18-5-3-2-4-16(18)19(17)23/h2-9,12H,10-11,13H2,1H3,(H,21,24)(H,22,23). The number of nitrogens with one attached hydrogen (secondary N) is 2. The number of benzene rings is 2. The zero-order valence-corrected chi connectivity index (χ0v) is 14.9. The van der Waals surface area contributed by atoms with Gasteiger partial charge in [-0.1, -0.05) is 42.0 Å². The Morgan fingerprint density at radius 3 is 2.68 bits per heavy atom. The molecule has 2 N–H and O–H groups in total. The fourth-order valence-corrected chi connectivity index (χ4v) is 3.36. The van der Waals surface area contributed by atoms with Gasteiger partial charge in [-0.2, -0.15) is 11.8 Å². The van der Waals surface area contributed by atoms with Gasteiger partial charge in [-0.25, -0.2) is 0 Å². The van der Waals surface area contributed by atoms with Gasteiger partial charge in [-0.15, -0.1) is 0 Å². The SMILES string of the molecule is Cc1ccc(CSCCNC(=O)c2c[nH]c3ccccc3c2=O)cc1. The Morgan fingerprint density at radius 2 is 1.88 bits per heavy atom. The summed E-state index contributed by atoms with van der Waals surface area (Å²) in [6, 6.07) is 15.6. The van der Waals surface area contributed by atoms with Crippen molar-refractivity contribution < 1.29 is 4.79 Å². The van der Waals surface area contributed by atoms with E-state index >= 15 is 0 Å². The Morgan fingerprint density at radius 1 is 1.12 bits per heavy atom. The van der Waals surface area contributed by atoms with E-state index in [4.69, 9.17) is 0 Å². The molecule has 0 spiro atoms. The zero-order chi connectivity index (χ0) is 17.6. The largest absolute Gasteiger partial charge is 0.360 e. The quantitative estimate of drug-likeness (QED) is 0.668. The molecule has 1 heterocycles. The van der Waals surface area contributed by atoms with E-state index < -0.39 is 0 Å². The van der Waals surface area contributed by atoms with Crippen LogP contribution in [-0.4, -0.2) is 23.2 Å². The highest BCUT2D eigenvalue weighted by Gasteiger charge is 2.12. The Bertz CT molecular complexity index is 932. The second-order valence-electron chi connectivity index (χ2n) is 5.87. The van der Waals surface area contributed by atoms with Gasteiger partial charge in [-0.05, 0) is 24.6 Å². The number of aromatic amines is 1. The van der Waals surface area contributed by atoms with Crippen molar-refractivity contribution in [2.75, 3.05) is 12.3 Å². The maximum absolute atomic E-state index is 12.4. The molecule has 0 aliphatic rings. The van der Waals surface area contributed by atoms with Gasteiger partial charge < -0.3 is 10.3 Å². The lowest BCUT2D eigenvalue weighted by atomic mass is 10.1. The lowest BCUT2D eigenvalue weighted by Gasteiger charge is -2.06. The zero-order valence-electron chi connectivity index (χ0n) is 14.0. The molecule has 3 aromatic rings. The molecule has 0 aliphatic heterocycles. The van der Waals surface area contributed by atoms with Crippen molar-refractivity contribution in [2.24, 2.45) is 0 Å². The third-order valence-electron chi connectivity index (χ3n) is 3.95. The minimum absolute atomic E-state index is 0.155. The van der Waals surface area contributed by atoms with Gasteiger partial charge in [-0.3, -0.25) is 9.59 Å². The van der Waals surface area contributed by atoms with Crippen LogP contribution in [0.5, 0.6) is 0 Å². The number of fused-ring (bicyclic) bond motifs is 1. The normalized spacial score (nSPS) is 10.8. The summed E-state index contributed by atoms with van der Waals surface area (Å²) in [7, 11) is 0. The highest BCUT2D eigenvalue weighted by atomic mass is 32.2. The summed E-state index contributed by atoms with van der Waals surface area (Å²) >= 11 is 1.76. The summed E-state index contributed by atoms with van der Waals surface area (Å²) in [6.45, 7) is 2.60. The Kier molecular flexibility index (Phi) is 5.56. The Labute approximate surface area is 150 Å². The second-order valence-corrected chi connectivity index (χ2v) is 6.98. The van der Waals surface area contributed by atoms with Gasteiger partial charge in [0.2, 0.25) is 5.43 Å². The van der Waals surface area contributed by atoms with Gasteiger partial charge in [0.1, 0.15) is 5.56 Å². The van der Waals surface area contributed by atoms with Gasteiger partial charge in [0.25, 0.3) is 5.91 Å². The van der Waals surface area contributed by atoms with Crippen LogP contribution in [-0.2, 0) is 5.75 Å².